The molecule has 11 nitrogen and oxygen atoms in total. The molecule has 2 amide bonds. The number of hydrogen-bond acceptors (Lipinski definition) is 9. The zero-order valence-corrected chi connectivity index (χ0v) is 28.9. The van der Waals surface area contributed by atoms with Gasteiger partial charge in [-0.2, -0.15) is 0 Å². The number of carbonyl (C=O) groups is 3. The Morgan fingerprint density at radius 3 is 1.96 bits per heavy atom. The first kappa shape index (κ1) is 38.8. The summed E-state index contributed by atoms with van der Waals surface area (Å²) in [6, 6.07) is 5.57. The number of carbonyl (C=O) groups excluding carboxylic acids is 2. The number of nitrogens with one attached hydrogen (secondary N) is 1. The van der Waals surface area contributed by atoms with E-state index in [0.29, 0.717) is 58.6 Å². The van der Waals surface area contributed by atoms with Gasteiger partial charge >= 0.3 is 5.97 Å². The second kappa shape index (κ2) is 21.4. The van der Waals surface area contributed by atoms with Crippen molar-refractivity contribution in [2.75, 3.05) is 59.5 Å². The second-order valence-electron chi connectivity index (χ2n) is 12.3. The Labute approximate surface area is 284 Å². The van der Waals surface area contributed by atoms with Crippen molar-refractivity contribution in [2.24, 2.45) is 0 Å². The zero-order chi connectivity index (χ0) is 33.9. The van der Waals surface area contributed by atoms with Gasteiger partial charge in [-0.1, -0.05) is 50.3 Å². The molecule has 2 heterocycles. The summed E-state index contributed by atoms with van der Waals surface area (Å²) in [6.45, 7) is 12.1. The minimum Gasteiger partial charge on any atom is -0.491 e. The zero-order valence-electron chi connectivity index (χ0n) is 28.1. The molecule has 0 saturated carbocycles. The van der Waals surface area contributed by atoms with Crippen LogP contribution in [0.25, 0.3) is 0 Å². The standard InChI is InChI=1S/C35H54N2O9S/c1-4-5-6-7-8-9-10-11-12-17-42-18-19-43-20-21-44-22-23-45-24-25-46-28-15-13-27(14-16-28)26-29(38)36-30-32(39)37-31(34(40)41)35(2,3)47-33(30)37/h4,13-16,30-31,33H,1,5-12,17-26H2,2-3H3,(H,36,38)(H,40,41)/t30-,31+,33-/m1/s1. The van der Waals surface area contributed by atoms with E-state index in [1.54, 1.807) is 38.1 Å². The van der Waals surface area contributed by atoms with Crippen molar-refractivity contribution in [3.05, 3.63) is 42.5 Å². The lowest BCUT2D eigenvalue weighted by Crippen LogP contribution is -2.70. The van der Waals surface area contributed by atoms with E-state index in [0.717, 1.165) is 25.0 Å². The van der Waals surface area contributed by atoms with Crippen LogP contribution in [0.1, 0.15) is 70.8 Å². The smallest absolute Gasteiger partial charge is 0.327 e. The van der Waals surface area contributed by atoms with Crippen LogP contribution >= 0.6 is 11.8 Å². The molecule has 0 radical (unpaired) electrons. The maximum atomic E-state index is 12.6. The van der Waals surface area contributed by atoms with Crippen LogP contribution in [-0.4, -0.2) is 109 Å². The maximum absolute atomic E-state index is 12.6. The van der Waals surface area contributed by atoms with Gasteiger partial charge in [-0.3, -0.25) is 9.59 Å². The Morgan fingerprint density at radius 1 is 0.851 bits per heavy atom. The number of unbranched alkanes of at least 4 members (excludes halogenated alkanes) is 7. The van der Waals surface area contributed by atoms with Crippen molar-refractivity contribution in [1.82, 2.24) is 10.2 Å². The van der Waals surface area contributed by atoms with Crippen LogP contribution in [0.5, 0.6) is 5.75 Å². The van der Waals surface area contributed by atoms with Gasteiger partial charge in [-0.05, 0) is 50.8 Å². The van der Waals surface area contributed by atoms with E-state index in [1.807, 2.05) is 6.08 Å². The second-order valence-corrected chi connectivity index (χ2v) is 14.1. The number of ether oxygens (including phenoxy) is 5. The predicted octanol–water partition coefficient (Wildman–Crippen LogP) is 4.61. The van der Waals surface area contributed by atoms with Gasteiger partial charge in [-0.15, -0.1) is 18.3 Å². The van der Waals surface area contributed by atoms with Gasteiger partial charge in [0.05, 0.1) is 52.7 Å². The van der Waals surface area contributed by atoms with Gasteiger partial charge in [0.25, 0.3) is 0 Å². The highest BCUT2D eigenvalue weighted by atomic mass is 32.2. The highest BCUT2D eigenvalue weighted by Crippen LogP contribution is 2.50. The molecule has 0 unspecified atom stereocenters. The van der Waals surface area contributed by atoms with Gasteiger partial charge in [0, 0.05) is 11.4 Å². The molecular formula is C35H54N2O9S. The number of rotatable bonds is 27. The average molecular weight is 679 g/mol. The SMILES string of the molecule is C=CCCCCCCCCCOCCOCCOCCOCCOc1ccc(CC(=O)N[C@@H]2C(=O)N3[C@@H]2SC(C)(C)[C@@H]3C(=O)O)cc1. The lowest BCUT2D eigenvalue weighted by molar-refractivity contribution is -0.161. The van der Waals surface area contributed by atoms with Crippen LogP contribution in [0.3, 0.4) is 0 Å². The summed E-state index contributed by atoms with van der Waals surface area (Å²) in [5, 5.41) is 12.0. The number of β-lactam (4-membered cyclic amide) rings is 1. The summed E-state index contributed by atoms with van der Waals surface area (Å²) in [4.78, 5) is 38.2. The number of allylic oxidation sites excluding steroid dienone is 1. The number of benzene rings is 1. The number of nitrogens with zero attached hydrogens (tertiary/aromatic N) is 1. The third-order valence-corrected chi connectivity index (χ3v) is 9.66. The maximum Gasteiger partial charge on any atom is 0.327 e. The van der Waals surface area contributed by atoms with Crippen molar-refractivity contribution >= 4 is 29.5 Å². The van der Waals surface area contributed by atoms with Gasteiger partial charge in [0.15, 0.2) is 0 Å². The molecule has 0 aromatic heterocycles. The summed E-state index contributed by atoms with van der Waals surface area (Å²) in [5.74, 6) is -1.01. The number of amides is 2. The van der Waals surface area contributed by atoms with E-state index >= 15 is 0 Å². The minimum absolute atomic E-state index is 0.104. The number of carboxylic acids is 1. The Morgan fingerprint density at radius 2 is 1.38 bits per heavy atom. The molecule has 0 spiro atoms. The van der Waals surface area contributed by atoms with Gasteiger partial charge in [0.2, 0.25) is 11.8 Å². The first-order chi connectivity index (χ1) is 22.7. The monoisotopic (exact) mass is 678 g/mol. The fourth-order valence-corrected chi connectivity index (χ4v) is 7.24. The van der Waals surface area contributed by atoms with Crippen LogP contribution in [0, 0.1) is 0 Å². The molecule has 0 aliphatic carbocycles. The number of aliphatic carboxylic acids is 1. The molecule has 2 N–H and O–H groups in total. The molecule has 47 heavy (non-hydrogen) atoms. The summed E-state index contributed by atoms with van der Waals surface area (Å²) in [6.07, 6.45) is 12.1. The fraction of sp³-hybridized carbons (Fsp3) is 0.686. The van der Waals surface area contributed by atoms with E-state index in [-0.39, 0.29) is 23.6 Å². The minimum atomic E-state index is -1.03. The van der Waals surface area contributed by atoms with Crippen molar-refractivity contribution < 1.29 is 43.2 Å². The highest BCUT2D eigenvalue weighted by molar-refractivity contribution is 8.01. The lowest BCUT2D eigenvalue weighted by atomic mass is 9.96. The van der Waals surface area contributed by atoms with Gasteiger partial charge in [0.1, 0.15) is 29.8 Å². The molecule has 2 fully saturated rings. The number of hydrogen-bond donors (Lipinski definition) is 2. The van der Waals surface area contributed by atoms with Gasteiger partial charge < -0.3 is 39.0 Å². The molecule has 1 aromatic rings. The van der Waals surface area contributed by atoms with Crippen molar-refractivity contribution in [3.8, 4) is 5.75 Å². The summed E-state index contributed by atoms with van der Waals surface area (Å²) < 4.78 is 27.3. The topological polar surface area (TPSA) is 133 Å². The largest absolute Gasteiger partial charge is 0.491 e. The molecule has 1 aromatic carbocycles. The van der Waals surface area contributed by atoms with E-state index in [4.69, 9.17) is 23.7 Å². The molecular weight excluding hydrogens is 624 g/mol. The van der Waals surface area contributed by atoms with Gasteiger partial charge in [-0.25, -0.2) is 4.79 Å². The first-order valence-corrected chi connectivity index (χ1v) is 17.8. The molecule has 264 valence electrons. The molecule has 3 rings (SSSR count). The third-order valence-electron chi connectivity index (χ3n) is 8.09. The Balaban J connectivity index is 1.10. The van der Waals surface area contributed by atoms with Crippen molar-refractivity contribution in [2.45, 2.75) is 93.8 Å². The highest BCUT2D eigenvalue weighted by Gasteiger charge is 2.64. The fourth-order valence-electron chi connectivity index (χ4n) is 5.62. The quantitative estimate of drug-likeness (QED) is 0.0772. The van der Waals surface area contributed by atoms with Crippen LogP contribution in [0.15, 0.2) is 36.9 Å². The van der Waals surface area contributed by atoms with Crippen LogP contribution in [0.2, 0.25) is 0 Å². The van der Waals surface area contributed by atoms with E-state index in [1.165, 1.54) is 55.2 Å². The summed E-state index contributed by atoms with van der Waals surface area (Å²) >= 11 is 1.40. The summed E-state index contributed by atoms with van der Waals surface area (Å²) in [7, 11) is 0. The first-order valence-electron chi connectivity index (χ1n) is 16.9. The third kappa shape index (κ3) is 13.4. The number of fused-ring (bicyclic) bond motifs is 1. The Kier molecular flexibility index (Phi) is 17.6. The molecule has 3 atom stereocenters. The molecule has 2 aliphatic heterocycles. The Bertz CT molecular complexity index is 1100. The van der Waals surface area contributed by atoms with E-state index in [9.17, 15) is 19.5 Å². The van der Waals surface area contributed by atoms with Crippen molar-refractivity contribution in [3.63, 3.8) is 0 Å². The molecule has 0 bridgehead atoms. The van der Waals surface area contributed by atoms with Crippen LogP contribution in [0.4, 0.5) is 0 Å². The van der Waals surface area contributed by atoms with Crippen LogP contribution in [-0.2, 0) is 39.8 Å². The molecule has 2 aliphatic rings. The van der Waals surface area contributed by atoms with Crippen molar-refractivity contribution in [1.29, 1.82) is 0 Å². The average Bonchev–Trinajstić information content (AvgIpc) is 3.30. The lowest BCUT2D eigenvalue weighted by Gasteiger charge is -2.43. The normalized spacial score (nSPS) is 19.7. The summed E-state index contributed by atoms with van der Waals surface area (Å²) in [5.41, 5.74) is 0.776. The van der Waals surface area contributed by atoms with E-state index < -0.39 is 22.8 Å². The predicted molar refractivity (Wildman–Crippen MR) is 182 cm³/mol. The molecule has 2 saturated heterocycles. The number of thioether (sulfide) groups is 1. The Hall–Kier alpha value is -2.64. The molecule has 12 heteroatoms. The van der Waals surface area contributed by atoms with Crippen LogP contribution < -0.4 is 10.1 Å². The van der Waals surface area contributed by atoms with E-state index in [2.05, 4.69) is 11.9 Å². The number of carboxylic acid groups (broad SMARTS) is 1.